The van der Waals surface area contributed by atoms with Crippen LogP contribution in [0.4, 0.5) is 0 Å². The van der Waals surface area contributed by atoms with Gasteiger partial charge >= 0.3 is 0 Å². The largest absolute Gasteiger partial charge is 0.396 e. The fourth-order valence-corrected chi connectivity index (χ4v) is 2.68. The van der Waals surface area contributed by atoms with Crippen LogP contribution in [-0.4, -0.2) is 48.7 Å². The van der Waals surface area contributed by atoms with Gasteiger partial charge in [0, 0.05) is 13.2 Å². The topological polar surface area (TPSA) is 52.6 Å². The predicted octanol–water partition coefficient (Wildman–Crippen LogP) is 1.63. The SMILES string of the molecule is CCCC(CCO)CNC(=O)CN1CCC(C)CC1. The van der Waals surface area contributed by atoms with E-state index >= 15 is 0 Å². The summed E-state index contributed by atoms with van der Waals surface area (Å²) >= 11 is 0. The standard InChI is InChI=1S/C15H30N2O2/c1-3-4-14(7-10-18)11-16-15(19)12-17-8-5-13(2)6-9-17/h13-14,18H,3-12H2,1-2H3,(H,16,19). The maximum atomic E-state index is 11.9. The number of amides is 1. The van der Waals surface area contributed by atoms with E-state index in [2.05, 4.69) is 24.1 Å². The van der Waals surface area contributed by atoms with Crippen LogP contribution in [0.25, 0.3) is 0 Å². The monoisotopic (exact) mass is 270 g/mol. The van der Waals surface area contributed by atoms with Crippen molar-refractivity contribution in [2.75, 3.05) is 32.8 Å². The second kappa shape index (κ2) is 9.32. The quantitative estimate of drug-likeness (QED) is 0.705. The van der Waals surface area contributed by atoms with Gasteiger partial charge in [0.15, 0.2) is 0 Å². The van der Waals surface area contributed by atoms with Gasteiger partial charge < -0.3 is 10.4 Å². The molecule has 0 saturated carbocycles. The Hall–Kier alpha value is -0.610. The van der Waals surface area contributed by atoms with Gasteiger partial charge in [-0.1, -0.05) is 20.3 Å². The third kappa shape index (κ3) is 6.92. The van der Waals surface area contributed by atoms with Gasteiger partial charge in [0.1, 0.15) is 0 Å². The van der Waals surface area contributed by atoms with Gasteiger partial charge in [-0.15, -0.1) is 0 Å². The smallest absolute Gasteiger partial charge is 0.234 e. The van der Waals surface area contributed by atoms with Crippen molar-refractivity contribution in [3.8, 4) is 0 Å². The van der Waals surface area contributed by atoms with E-state index in [9.17, 15) is 4.79 Å². The number of hydrogen-bond donors (Lipinski definition) is 2. The molecule has 1 unspecified atom stereocenters. The molecule has 0 spiro atoms. The Labute approximate surface area is 117 Å². The van der Waals surface area contributed by atoms with Crippen LogP contribution in [0.1, 0.15) is 46.0 Å². The lowest BCUT2D eigenvalue weighted by molar-refractivity contribution is -0.122. The lowest BCUT2D eigenvalue weighted by Gasteiger charge is -2.29. The van der Waals surface area contributed by atoms with Crippen molar-refractivity contribution in [1.29, 1.82) is 0 Å². The summed E-state index contributed by atoms with van der Waals surface area (Å²) in [7, 11) is 0. The van der Waals surface area contributed by atoms with Crippen LogP contribution in [0.15, 0.2) is 0 Å². The zero-order valence-corrected chi connectivity index (χ0v) is 12.5. The molecule has 1 heterocycles. The van der Waals surface area contributed by atoms with Crippen molar-refractivity contribution in [2.24, 2.45) is 11.8 Å². The van der Waals surface area contributed by atoms with Crippen molar-refractivity contribution in [3.05, 3.63) is 0 Å². The van der Waals surface area contributed by atoms with Crippen LogP contribution in [0.2, 0.25) is 0 Å². The van der Waals surface area contributed by atoms with Gasteiger partial charge in [-0.05, 0) is 50.6 Å². The van der Waals surface area contributed by atoms with E-state index in [0.717, 1.165) is 38.3 Å². The average Bonchev–Trinajstić information content (AvgIpc) is 2.39. The summed E-state index contributed by atoms with van der Waals surface area (Å²) in [6, 6.07) is 0. The highest BCUT2D eigenvalue weighted by molar-refractivity contribution is 5.78. The van der Waals surface area contributed by atoms with Crippen LogP contribution in [0, 0.1) is 11.8 Å². The summed E-state index contributed by atoms with van der Waals surface area (Å²) in [5.74, 6) is 1.35. The maximum absolute atomic E-state index is 11.9. The molecule has 19 heavy (non-hydrogen) atoms. The Morgan fingerprint density at radius 2 is 2.05 bits per heavy atom. The van der Waals surface area contributed by atoms with Gasteiger partial charge in [-0.3, -0.25) is 9.69 Å². The molecule has 1 aliphatic rings. The molecule has 1 amide bonds. The zero-order valence-electron chi connectivity index (χ0n) is 12.5. The molecule has 112 valence electrons. The van der Waals surface area contributed by atoms with Crippen molar-refractivity contribution >= 4 is 5.91 Å². The van der Waals surface area contributed by atoms with Crippen LogP contribution < -0.4 is 5.32 Å². The number of hydrogen-bond acceptors (Lipinski definition) is 3. The summed E-state index contributed by atoms with van der Waals surface area (Å²) in [5.41, 5.74) is 0. The number of nitrogens with one attached hydrogen (secondary N) is 1. The highest BCUT2D eigenvalue weighted by atomic mass is 16.3. The molecule has 0 bridgehead atoms. The number of rotatable bonds is 8. The zero-order chi connectivity index (χ0) is 14.1. The number of aliphatic hydroxyl groups excluding tert-OH is 1. The van der Waals surface area contributed by atoms with E-state index in [1.165, 1.54) is 12.8 Å². The second-order valence-corrected chi connectivity index (χ2v) is 5.93. The molecule has 1 rings (SSSR count). The lowest BCUT2D eigenvalue weighted by Crippen LogP contribution is -2.42. The van der Waals surface area contributed by atoms with Crippen molar-refractivity contribution in [3.63, 3.8) is 0 Å². The van der Waals surface area contributed by atoms with Crippen LogP contribution in [0.5, 0.6) is 0 Å². The number of piperidine rings is 1. The lowest BCUT2D eigenvalue weighted by atomic mass is 9.99. The second-order valence-electron chi connectivity index (χ2n) is 5.93. The minimum Gasteiger partial charge on any atom is -0.396 e. The van der Waals surface area contributed by atoms with E-state index in [1.54, 1.807) is 0 Å². The Balaban J connectivity index is 2.19. The molecule has 1 aliphatic heterocycles. The highest BCUT2D eigenvalue weighted by Gasteiger charge is 2.18. The van der Waals surface area contributed by atoms with Crippen molar-refractivity contribution in [2.45, 2.75) is 46.0 Å². The first-order chi connectivity index (χ1) is 9.15. The molecule has 0 aromatic carbocycles. The number of carbonyl (C=O) groups excluding carboxylic acids is 1. The summed E-state index contributed by atoms with van der Waals surface area (Å²) in [4.78, 5) is 14.1. The summed E-state index contributed by atoms with van der Waals surface area (Å²) in [5, 5.41) is 12.0. The molecule has 0 aromatic heterocycles. The number of likely N-dealkylation sites (tertiary alicyclic amines) is 1. The summed E-state index contributed by atoms with van der Waals surface area (Å²) in [6.07, 6.45) is 5.37. The molecule has 1 atom stereocenters. The summed E-state index contributed by atoms with van der Waals surface area (Å²) < 4.78 is 0. The Morgan fingerprint density at radius 3 is 2.63 bits per heavy atom. The Bertz CT molecular complexity index is 245. The Morgan fingerprint density at radius 1 is 1.37 bits per heavy atom. The van der Waals surface area contributed by atoms with Crippen LogP contribution in [-0.2, 0) is 4.79 Å². The molecule has 0 aliphatic carbocycles. The third-order valence-electron chi connectivity index (χ3n) is 4.07. The normalized spacial score (nSPS) is 19.3. The first-order valence-corrected chi connectivity index (χ1v) is 7.75. The van der Waals surface area contributed by atoms with Crippen LogP contribution in [0.3, 0.4) is 0 Å². The van der Waals surface area contributed by atoms with Gasteiger partial charge in [0.2, 0.25) is 5.91 Å². The van der Waals surface area contributed by atoms with Gasteiger partial charge in [0.05, 0.1) is 6.54 Å². The third-order valence-corrected chi connectivity index (χ3v) is 4.07. The molecular weight excluding hydrogens is 240 g/mol. The van der Waals surface area contributed by atoms with E-state index in [4.69, 9.17) is 5.11 Å². The molecule has 0 aromatic rings. The fraction of sp³-hybridized carbons (Fsp3) is 0.933. The van der Waals surface area contributed by atoms with E-state index in [1.807, 2.05) is 0 Å². The first-order valence-electron chi connectivity index (χ1n) is 7.75. The van der Waals surface area contributed by atoms with Gasteiger partial charge in [-0.2, -0.15) is 0 Å². The molecule has 0 radical (unpaired) electrons. The minimum atomic E-state index is 0.133. The highest BCUT2D eigenvalue weighted by Crippen LogP contribution is 2.15. The fourth-order valence-electron chi connectivity index (χ4n) is 2.68. The number of carbonyl (C=O) groups is 1. The van der Waals surface area contributed by atoms with Gasteiger partial charge in [-0.25, -0.2) is 0 Å². The number of nitrogens with zero attached hydrogens (tertiary/aromatic N) is 1. The average molecular weight is 270 g/mol. The molecule has 2 N–H and O–H groups in total. The Kier molecular flexibility index (Phi) is 8.07. The maximum Gasteiger partial charge on any atom is 0.234 e. The van der Waals surface area contributed by atoms with Gasteiger partial charge in [0.25, 0.3) is 0 Å². The molecule has 4 nitrogen and oxygen atoms in total. The summed E-state index contributed by atoms with van der Waals surface area (Å²) in [6.45, 7) is 7.96. The molecule has 4 heteroatoms. The van der Waals surface area contributed by atoms with Crippen molar-refractivity contribution in [1.82, 2.24) is 10.2 Å². The first kappa shape index (κ1) is 16.4. The van der Waals surface area contributed by atoms with E-state index in [-0.39, 0.29) is 12.5 Å². The van der Waals surface area contributed by atoms with Crippen molar-refractivity contribution < 1.29 is 9.90 Å². The predicted molar refractivity (Wildman–Crippen MR) is 77.9 cm³/mol. The minimum absolute atomic E-state index is 0.133. The molecular formula is C15H30N2O2. The molecule has 1 saturated heterocycles. The van der Waals surface area contributed by atoms with Crippen LogP contribution >= 0.6 is 0 Å². The van der Waals surface area contributed by atoms with E-state index in [0.29, 0.717) is 19.0 Å². The number of aliphatic hydroxyl groups is 1. The molecule has 1 fully saturated rings. The van der Waals surface area contributed by atoms with E-state index < -0.39 is 0 Å².